The monoisotopic (exact) mass is 420 g/mol. The van der Waals surface area contributed by atoms with Crippen LogP contribution in [0.15, 0.2) is 6.07 Å². The minimum Gasteiger partial charge on any atom is -0.335 e. The molecule has 2 aliphatic heterocycles. The van der Waals surface area contributed by atoms with E-state index in [-0.39, 0.29) is 36.9 Å². The lowest BCUT2D eigenvalue weighted by Crippen LogP contribution is -2.52. The second kappa shape index (κ2) is 7.21. The Bertz CT molecular complexity index is 896. The molecule has 1 aromatic heterocycles. The Labute approximate surface area is 159 Å². The van der Waals surface area contributed by atoms with Crippen LogP contribution in [-0.4, -0.2) is 74.9 Å². The Morgan fingerprint density at radius 1 is 1.27 bits per heavy atom. The number of carbonyl (C=O) groups excluding carboxylic acids is 1. The fourth-order valence-corrected chi connectivity index (χ4v) is 9.08. The highest BCUT2D eigenvalue weighted by Crippen LogP contribution is 2.26. The lowest BCUT2D eigenvalue weighted by atomic mass is 10.2. The van der Waals surface area contributed by atoms with E-state index < -0.39 is 25.1 Å². The molecule has 10 heteroatoms. The third-order valence-electron chi connectivity index (χ3n) is 5.11. The van der Waals surface area contributed by atoms with Gasteiger partial charge in [0.2, 0.25) is 10.0 Å². The lowest BCUT2D eigenvalue weighted by molar-refractivity contribution is 0.0702. The molecule has 1 atom stereocenters. The molecule has 1 unspecified atom stereocenters. The molecule has 0 bridgehead atoms. The van der Waals surface area contributed by atoms with Gasteiger partial charge in [0.15, 0.2) is 9.84 Å². The molecule has 0 spiro atoms. The van der Waals surface area contributed by atoms with E-state index in [9.17, 15) is 21.6 Å². The molecule has 0 radical (unpaired) electrons. The summed E-state index contributed by atoms with van der Waals surface area (Å²) in [5, 5.41) is -0.846. The zero-order chi connectivity index (χ0) is 19.1. The number of hydrogen-bond donors (Lipinski definition) is 0. The number of sulfonamides is 1. The largest absolute Gasteiger partial charge is 0.335 e. The van der Waals surface area contributed by atoms with Gasteiger partial charge in [0.1, 0.15) is 0 Å². The van der Waals surface area contributed by atoms with Gasteiger partial charge in [0, 0.05) is 31.1 Å². The number of rotatable bonds is 4. The molecule has 146 valence electrons. The summed E-state index contributed by atoms with van der Waals surface area (Å²) in [5.41, 5.74) is 1.17. The van der Waals surface area contributed by atoms with Crippen molar-refractivity contribution in [2.75, 3.05) is 37.7 Å². The third-order valence-corrected chi connectivity index (χ3v) is 10.5. The highest BCUT2D eigenvalue weighted by atomic mass is 32.2. The summed E-state index contributed by atoms with van der Waals surface area (Å²) in [4.78, 5) is 16.2. The quantitative estimate of drug-likeness (QED) is 0.721. The standard InChI is InChI=1S/C16H24N2O5S3/c1-3-13-10-15(24-12(13)2)16(19)17-5-7-18(8-6-17)26(22,23)14-4-9-25(20,21)11-14/h10,14H,3-9,11H2,1-2H3. The highest BCUT2D eigenvalue weighted by molar-refractivity contribution is 7.95. The average Bonchev–Trinajstić information content (AvgIpc) is 3.16. The molecule has 1 aromatic rings. The topological polar surface area (TPSA) is 91.8 Å². The fourth-order valence-electron chi connectivity index (χ4n) is 3.48. The van der Waals surface area contributed by atoms with Crippen LogP contribution in [0.25, 0.3) is 0 Å². The SMILES string of the molecule is CCc1cc(C(=O)N2CCN(S(=O)(=O)C3CCS(=O)(=O)C3)CC2)sc1C. The van der Waals surface area contributed by atoms with Crippen molar-refractivity contribution in [3.05, 3.63) is 21.4 Å². The highest BCUT2D eigenvalue weighted by Gasteiger charge is 2.41. The molecule has 0 saturated carbocycles. The summed E-state index contributed by atoms with van der Waals surface area (Å²) in [6.45, 7) is 5.15. The van der Waals surface area contributed by atoms with E-state index in [1.807, 2.05) is 13.0 Å². The van der Waals surface area contributed by atoms with Gasteiger partial charge in [-0.3, -0.25) is 4.79 Å². The van der Waals surface area contributed by atoms with Gasteiger partial charge in [0.05, 0.1) is 21.6 Å². The zero-order valence-electron chi connectivity index (χ0n) is 15.0. The number of thiophene rings is 1. The first-order valence-electron chi connectivity index (χ1n) is 8.72. The average molecular weight is 421 g/mol. The molecule has 0 aliphatic carbocycles. The molecular weight excluding hydrogens is 396 g/mol. The summed E-state index contributed by atoms with van der Waals surface area (Å²) in [6.07, 6.45) is 1.05. The van der Waals surface area contributed by atoms with Crippen molar-refractivity contribution in [1.82, 2.24) is 9.21 Å². The first-order valence-corrected chi connectivity index (χ1v) is 12.9. The molecule has 0 aromatic carbocycles. The van der Waals surface area contributed by atoms with Crippen LogP contribution in [0.5, 0.6) is 0 Å². The Morgan fingerprint density at radius 2 is 1.92 bits per heavy atom. The molecule has 1 amide bonds. The van der Waals surface area contributed by atoms with Crippen LogP contribution in [0.2, 0.25) is 0 Å². The minimum absolute atomic E-state index is 0.0571. The number of hydrogen-bond acceptors (Lipinski definition) is 6. The first kappa shape index (κ1) is 19.8. The van der Waals surface area contributed by atoms with Crippen molar-refractivity contribution in [1.29, 1.82) is 0 Å². The van der Waals surface area contributed by atoms with Crippen LogP contribution in [0.4, 0.5) is 0 Å². The van der Waals surface area contributed by atoms with E-state index in [2.05, 4.69) is 6.92 Å². The van der Waals surface area contributed by atoms with Gasteiger partial charge >= 0.3 is 0 Å². The van der Waals surface area contributed by atoms with Crippen molar-refractivity contribution < 1.29 is 21.6 Å². The van der Waals surface area contributed by atoms with Crippen LogP contribution in [-0.2, 0) is 26.3 Å². The van der Waals surface area contributed by atoms with E-state index in [0.717, 1.165) is 11.3 Å². The smallest absolute Gasteiger partial charge is 0.264 e. The first-order chi connectivity index (χ1) is 12.1. The van der Waals surface area contributed by atoms with E-state index in [1.165, 1.54) is 21.2 Å². The molecule has 0 N–H and O–H groups in total. The van der Waals surface area contributed by atoms with Crippen molar-refractivity contribution >= 4 is 37.1 Å². The van der Waals surface area contributed by atoms with Gasteiger partial charge < -0.3 is 4.90 Å². The second-order valence-corrected chi connectivity index (χ2v) is 12.5. The van der Waals surface area contributed by atoms with Gasteiger partial charge in [-0.25, -0.2) is 16.8 Å². The number of amides is 1. The van der Waals surface area contributed by atoms with Crippen LogP contribution >= 0.6 is 11.3 Å². The molecular formula is C16H24N2O5S3. The van der Waals surface area contributed by atoms with Crippen LogP contribution in [0.1, 0.15) is 33.5 Å². The van der Waals surface area contributed by atoms with E-state index in [0.29, 0.717) is 18.0 Å². The predicted molar refractivity (Wildman–Crippen MR) is 102 cm³/mol. The van der Waals surface area contributed by atoms with Gasteiger partial charge in [0.25, 0.3) is 5.91 Å². The van der Waals surface area contributed by atoms with E-state index >= 15 is 0 Å². The molecule has 2 aliphatic rings. The summed E-state index contributed by atoms with van der Waals surface area (Å²) >= 11 is 1.48. The van der Waals surface area contributed by atoms with Gasteiger partial charge in [-0.05, 0) is 31.4 Å². The maximum atomic E-state index is 12.7. The predicted octanol–water partition coefficient (Wildman–Crippen LogP) is 0.894. The van der Waals surface area contributed by atoms with Crippen molar-refractivity contribution in [2.45, 2.75) is 31.9 Å². The summed E-state index contributed by atoms with van der Waals surface area (Å²) in [5.74, 6) is -0.409. The van der Waals surface area contributed by atoms with E-state index in [4.69, 9.17) is 0 Å². The summed E-state index contributed by atoms with van der Waals surface area (Å²) < 4.78 is 49.9. The van der Waals surface area contributed by atoms with Gasteiger partial charge in [-0.15, -0.1) is 11.3 Å². The second-order valence-electron chi connectivity index (χ2n) is 6.81. The zero-order valence-corrected chi connectivity index (χ0v) is 17.4. The van der Waals surface area contributed by atoms with Crippen LogP contribution in [0.3, 0.4) is 0 Å². The van der Waals surface area contributed by atoms with Crippen molar-refractivity contribution in [3.63, 3.8) is 0 Å². The number of piperazine rings is 1. The van der Waals surface area contributed by atoms with Crippen molar-refractivity contribution in [3.8, 4) is 0 Å². The summed E-state index contributed by atoms with van der Waals surface area (Å²) in [6, 6.07) is 1.93. The van der Waals surface area contributed by atoms with Crippen molar-refractivity contribution in [2.24, 2.45) is 0 Å². The number of aryl methyl sites for hydroxylation is 2. The number of nitrogens with zero attached hydrogens (tertiary/aromatic N) is 2. The minimum atomic E-state index is -3.63. The maximum absolute atomic E-state index is 12.7. The Hall–Kier alpha value is -0.970. The third kappa shape index (κ3) is 3.83. The molecule has 3 heterocycles. The molecule has 3 rings (SSSR count). The van der Waals surface area contributed by atoms with Crippen LogP contribution in [0, 0.1) is 6.92 Å². The Morgan fingerprint density at radius 3 is 2.42 bits per heavy atom. The maximum Gasteiger partial charge on any atom is 0.264 e. The molecule has 2 fully saturated rings. The van der Waals surface area contributed by atoms with Crippen LogP contribution < -0.4 is 0 Å². The summed E-state index contributed by atoms with van der Waals surface area (Å²) in [7, 11) is -6.89. The number of sulfone groups is 1. The Kier molecular flexibility index (Phi) is 5.49. The fraction of sp³-hybridized carbons (Fsp3) is 0.688. The lowest BCUT2D eigenvalue weighted by Gasteiger charge is -2.35. The molecule has 2 saturated heterocycles. The van der Waals surface area contributed by atoms with Gasteiger partial charge in [-0.2, -0.15) is 4.31 Å². The normalized spacial score (nSPS) is 24.1. The van der Waals surface area contributed by atoms with E-state index in [1.54, 1.807) is 4.90 Å². The Balaban J connectivity index is 1.64. The number of carbonyl (C=O) groups is 1. The van der Waals surface area contributed by atoms with Gasteiger partial charge in [-0.1, -0.05) is 6.92 Å². The molecule has 26 heavy (non-hydrogen) atoms. The molecule has 7 nitrogen and oxygen atoms in total.